The average Bonchev–Trinajstić information content (AvgIpc) is 3.43. The number of benzene rings is 1. The zero-order valence-corrected chi connectivity index (χ0v) is 32.3. The van der Waals surface area contributed by atoms with E-state index in [9.17, 15) is 9.90 Å². The number of anilines is 1. The quantitative estimate of drug-likeness (QED) is 0.0733. The lowest BCUT2D eigenvalue weighted by Gasteiger charge is -2.31. The molecule has 4 aromatic rings. The van der Waals surface area contributed by atoms with Gasteiger partial charge in [-0.15, -0.1) is 0 Å². The number of rotatable bonds is 15. The van der Waals surface area contributed by atoms with Crippen LogP contribution in [-0.2, 0) is 14.3 Å². The molecule has 0 amide bonds. The van der Waals surface area contributed by atoms with Gasteiger partial charge in [-0.05, 0) is 71.8 Å². The number of hydrogen-bond donors (Lipinski definition) is 1. The minimum atomic E-state index is -1.27. The van der Waals surface area contributed by atoms with E-state index in [-0.39, 0.29) is 18.3 Å². The molecule has 47 heavy (non-hydrogen) atoms. The van der Waals surface area contributed by atoms with Crippen LogP contribution in [0.3, 0.4) is 0 Å². The van der Waals surface area contributed by atoms with Crippen molar-refractivity contribution in [3.63, 3.8) is 0 Å². The minimum Gasteiger partial charge on any atom is -0.481 e. The molecule has 0 radical (unpaired) electrons. The van der Waals surface area contributed by atoms with Crippen molar-refractivity contribution in [3.8, 4) is 11.1 Å². The number of halogens is 1. The van der Waals surface area contributed by atoms with Crippen molar-refractivity contribution in [2.45, 2.75) is 89.4 Å². The summed E-state index contributed by atoms with van der Waals surface area (Å²) >= 11 is 4.00. The van der Waals surface area contributed by atoms with E-state index in [4.69, 9.17) is 24.5 Å². The van der Waals surface area contributed by atoms with Crippen LogP contribution >= 0.6 is 15.9 Å². The fraction of sp³-hybridized carbons (Fsp3) is 0.543. The van der Waals surface area contributed by atoms with E-state index in [1.807, 2.05) is 35.1 Å². The molecule has 0 saturated heterocycles. The zero-order chi connectivity index (χ0) is 33.8. The molecule has 0 unspecified atom stereocenters. The van der Waals surface area contributed by atoms with E-state index in [1.54, 1.807) is 0 Å². The zero-order valence-electron chi connectivity index (χ0n) is 28.8. The Morgan fingerprint density at radius 1 is 0.979 bits per heavy atom. The average molecular weight is 741 g/mol. The number of hydrogen-bond acceptors (Lipinski definition) is 7. The van der Waals surface area contributed by atoms with Crippen LogP contribution in [-0.4, -0.2) is 73.5 Å². The molecule has 3 aromatic heterocycles. The smallest absolute Gasteiger partial charge is 0.303 e. The normalized spacial score (nSPS) is 17.4. The van der Waals surface area contributed by atoms with Gasteiger partial charge in [0.05, 0.1) is 21.9 Å². The van der Waals surface area contributed by atoms with Crippen molar-refractivity contribution in [2.75, 3.05) is 31.6 Å². The van der Waals surface area contributed by atoms with Gasteiger partial charge in [-0.1, -0.05) is 57.5 Å². The van der Waals surface area contributed by atoms with Crippen LogP contribution in [0.25, 0.3) is 27.7 Å². The van der Waals surface area contributed by atoms with Gasteiger partial charge in [0.2, 0.25) is 0 Å². The predicted molar refractivity (Wildman–Crippen MR) is 199 cm³/mol. The monoisotopic (exact) mass is 739 g/mol. The first-order chi connectivity index (χ1) is 22.3. The molecule has 1 saturated carbocycles. The molecule has 1 fully saturated rings. The first-order valence-electron chi connectivity index (χ1n) is 16.8. The molecule has 12 heteroatoms. The van der Waals surface area contributed by atoms with Crippen molar-refractivity contribution >= 4 is 60.4 Å². The summed E-state index contributed by atoms with van der Waals surface area (Å²) in [6, 6.07) is 12.4. The van der Waals surface area contributed by atoms with Crippen molar-refractivity contribution in [1.29, 1.82) is 0 Å². The molecule has 5 rings (SSSR count). The van der Waals surface area contributed by atoms with Crippen LogP contribution in [0.15, 0.2) is 47.2 Å². The van der Waals surface area contributed by atoms with Crippen molar-refractivity contribution < 1.29 is 19.4 Å². The summed E-state index contributed by atoms with van der Waals surface area (Å²) in [7, 11) is -2.53. The minimum absolute atomic E-state index is 0.193. The molecule has 1 N–H and O–H groups in total. The number of carboxylic acids is 1. The van der Waals surface area contributed by atoms with E-state index >= 15 is 0 Å². The third kappa shape index (κ3) is 9.50. The SMILES string of the molecule is C[Si](C)(C)CCOCN(COCC[Si](C)(C)C)c1c(Br)c(C2CCC(CC(=O)O)CC2)nc2c(-c3cnc4ccccc4c3)cnn12. The highest BCUT2D eigenvalue weighted by molar-refractivity contribution is 9.10. The van der Waals surface area contributed by atoms with E-state index < -0.39 is 22.1 Å². The highest BCUT2D eigenvalue weighted by Gasteiger charge is 2.30. The molecule has 254 valence electrons. The van der Waals surface area contributed by atoms with Gasteiger partial charge in [-0.25, -0.2) is 4.98 Å². The van der Waals surface area contributed by atoms with Crippen LogP contribution in [0.4, 0.5) is 5.82 Å². The van der Waals surface area contributed by atoms with Crippen LogP contribution in [0.5, 0.6) is 0 Å². The van der Waals surface area contributed by atoms with Gasteiger partial charge >= 0.3 is 5.97 Å². The Morgan fingerprint density at radius 3 is 2.23 bits per heavy atom. The topological polar surface area (TPSA) is 102 Å². The number of aliphatic carboxylic acids is 1. The summed E-state index contributed by atoms with van der Waals surface area (Å²) < 4.78 is 15.5. The number of pyridine rings is 1. The van der Waals surface area contributed by atoms with Gasteiger partial charge < -0.3 is 19.5 Å². The molecular formula is C35H50BrN5O4Si2. The lowest BCUT2D eigenvalue weighted by molar-refractivity contribution is -0.138. The number of aromatic nitrogens is 4. The molecule has 9 nitrogen and oxygen atoms in total. The summed E-state index contributed by atoms with van der Waals surface area (Å²) in [5.41, 5.74) is 4.56. The highest BCUT2D eigenvalue weighted by Crippen LogP contribution is 2.43. The van der Waals surface area contributed by atoms with Gasteiger partial charge in [0, 0.05) is 64.4 Å². The molecular weight excluding hydrogens is 690 g/mol. The van der Waals surface area contributed by atoms with Crippen molar-refractivity contribution in [1.82, 2.24) is 19.6 Å². The number of ether oxygens (including phenoxy) is 2. The Balaban J connectivity index is 1.56. The summed E-state index contributed by atoms with van der Waals surface area (Å²) in [6.45, 7) is 16.3. The van der Waals surface area contributed by atoms with Crippen molar-refractivity contribution in [2.24, 2.45) is 5.92 Å². The number of para-hydroxylation sites is 1. The van der Waals surface area contributed by atoms with Crippen LogP contribution in [0, 0.1) is 5.92 Å². The maximum atomic E-state index is 11.4. The maximum absolute atomic E-state index is 11.4. The summed E-state index contributed by atoms with van der Waals surface area (Å²) in [5, 5.41) is 15.4. The summed E-state index contributed by atoms with van der Waals surface area (Å²) in [6.07, 6.45) is 7.53. The largest absolute Gasteiger partial charge is 0.481 e. The number of carboxylic acid groups (broad SMARTS) is 1. The lowest BCUT2D eigenvalue weighted by Crippen LogP contribution is -2.34. The fourth-order valence-corrected chi connectivity index (χ4v) is 8.44. The van der Waals surface area contributed by atoms with Gasteiger partial charge in [-0.2, -0.15) is 9.61 Å². The third-order valence-electron chi connectivity index (χ3n) is 8.98. The first-order valence-corrected chi connectivity index (χ1v) is 25.0. The molecule has 1 aromatic carbocycles. The molecule has 0 bridgehead atoms. The third-order valence-corrected chi connectivity index (χ3v) is 13.1. The molecule has 0 spiro atoms. The second-order valence-electron chi connectivity index (χ2n) is 15.4. The molecule has 0 aliphatic heterocycles. The molecule has 1 aliphatic rings. The van der Waals surface area contributed by atoms with Crippen LogP contribution in [0.2, 0.25) is 51.4 Å². The molecule has 1 aliphatic carbocycles. The standard InChI is InChI=1S/C35H50BrN5O4Si2/c1-46(2,3)17-15-44-23-40(24-45-16-18-47(4,5)6)35-32(36)33(26-13-11-25(12-14-26)19-31(42)43)39-34-29(22-38-41(34)35)28-20-27-9-7-8-10-30(27)37-21-28/h7-10,20-22,25-26H,11-19,23-24H2,1-6H3,(H,42,43). The molecule has 3 heterocycles. The predicted octanol–water partition coefficient (Wildman–Crippen LogP) is 8.89. The molecule has 0 atom stereocenters. The van der Waals surface area contributed by atoms with Crippen LogP contribution in [0.1, 0.15) is 43.7 Å². The lowest BCUT2D eigenvalue weighted by atomic mass is 9.79. The van der Waals surface area contributed by atoms with Gasteiger partial charge in [0.1, 0.15) is 13.5 Å². The summed E-state index contributed by atoms with van der Waals surface area (Å²) in [5.74, 6) is 0.538. The van der Waals surface area contributed by atoms with Crippen LogP contribution < -0.4 is 4.90 Å². The van der Waals surface area contributed by atoms with Gasteiger partial charge in [0.25, 0.3) is 0 Å². The van der Waals surface area contributed by atoms with Crippen molar-refractivity contribution in [3.05, 3.63) is 52.9 Å². The Kier molecular flexibility index (Phi) is 11.6. The summed E-state index contributed by atoms with van der Waals surface area (Å²) in [4.78, 5) is 23.6. The van der Waals surface area contributed by atoms with E-state index in [0.717, 1.165) is 81.4 Å². The Hall–Kier alpha value is -2.65. The maximum Gasteiger partial charge on any atom is 0.303 e. The number of nitrogens with zero attached hydrogens (tertiary/aromatic N) is 5. The first kappa shape index (κ1) is 35.7. The van der Waals surface area contributed by atoms with E-state index in [0.29, 0.717) is 26.7 Å². The number of carbonyl (C=O) groups is 1. The Bertz CT molecular complexity index is 1660. The Morgan fingerprint density at radius 2 is 1.62 bits per heavy atom. The van der Waals surface area contributed by atoms with E-state index in [1.165, 1.54) is 0 Å². The Labute approximate surface area is 289 Å². The second-order valence-corrected chi connectivity index (χ2v) is 27.4. The van der Waals surface area contributed by atoms with Gasteiger partial charge in [-0.3, -0.25) is 9.78 Å². The fourth-order valence-electron chi connectivity index (χ4n) is 6.09. The van der Waals surface area contributed by atoms with Gasteiger partial charge in [0.15, 0.2) is 11.5 Å². The van der Waals surface area contributed by atoms with E-state index in [2.05, 4.69) is 72.2 Å². The highest BCUT2D eigenvalue weighted by atomic mass is 79.9. The second kappa shape index (κ2) is 15.3. The number of fused-ring (bicyclic) bond motifs is 2.